The lowest BCUT2D eigenvalue weighted by molar-refractivity contribution is -0.144. The Hall–Kier alpha value is -2.84. The zero-order valence-electron chi connectivity index (χ0n) is 29.7. The van der Waals surface area contributed by atoms with Crippen LogP contribution in [0.1, 0.15) is 125 Å². The first-order valence-electron chi connectivity index (χ1n) is 18.2. The fraction of sp³-hybridized carbons (Fsp3) is 0.789. The molecule has 1 aliphatic heterocycles. The third kappa shape index (κ3) is 8.61. The number of likely N-dealkylation sites (tertiary alicyclic amines) is 1. The molecule has 0 aromatic carbocycles. The molecule has 2 N–H and O–H groups in total. The number of carbonyl (C=O) groups excluding carboxylic acids is 6. The topological polar surface area (TPSA) is 130 Å². The molecule has 3 amide bonds. The smallest absolute Gasteiger partial charge is 0.316 e. The molecule has 0 radical (unpaired) electrons. The second-order valence-electron chi connectivity index (χ2n) is 16.5. The Morgan fingerprint density at radius 1 is 0.979 bits per heavy atom. The van der Waals surface area contributed by atoms with Gasteiger partial charge in [-0.2, -0.15) is 0 Å². The molecule has 1 saturated heterocycles. The van der Waals surface area contributed by atoms with Gasteiger partial charge in [-0.25, -0.2) is 4.79 Å². The monoisotopic (exact) mass is 653 g/mol. The van der Waals surface area contributed by atoms with E-state index in [2.05, 4.69) is 31.1 Å². The molecule has 0 aromatic heterocycles. The Kier molecular flexibility index (Phi) is 11.9. The van der Waals surface area contributed by atoms with E-state index >= 15 is 0 Å². The minimum atomic E-state index is -0.931. The van der Waals surface area contributed by atoms with Crippen LogP contribution in [0.5, 0.6) is 0 Å². The first-order valence-corrected chi connectivity index (χ1v) is 18.2. The van der Waals surface area contributed by atoms with Crippen molar-refractivity contribution >= 4 is 35.1 Å². The summed E-state index contributed by atoms with van der Waals surface area (Å²) in [7, 11) is 0. The molecule has 4 fully saturated rings. The van der Waals surface area contributed by atoms with Crippen LogP contribution in [0.15, 0.2) is 12.7 Å². The van der Waals surface area contributed by atoms with Crippen molar-refractivity contribution in [2.75, 3.05) is 6.54 Å². The van der Waals surface area contributed by atoms with E-state index in [4.69, 9.17) is 0 Å². The van der Waals surface area contributed by atoms with Gasteiger partial charge < -0.3 is 15.5 Å². The van der Waals surface area contributed by atoms with Crippen molar-refractivity contribution in [3.63, 3.8) is 0 Å². The second-order valence-corrected chi connectivity index (χ2v) is 16.5. The van der Waals surface area contributed by atoms with Gasteiger partial charge in [-0.3, -0.25) is 24.0 Å². The van der Waals surface area contributed by atoms with Crippen LogP contribution in [0.25, 0.3) is 0 Å². The molecule has 262 valence electrons. The number of rotatable bonds is 17. The number of amides is 3. The number of Topliss-reactive ketones (excluding diaryl/α,β-unsaturated/α-hetero) is 4. The second kappa shape index (κ2) is 15.1. The Morgan fingerprint density at radius 3 is 2.21 bits per heavy atom. The van der Waals surface area contributed by atoms with Gasteiger partial charge in [0.1, 0.15) is 6.04 Å². The van der Waals surface area contributed by atoms with Crippen molar-refractivity contribution in [3.8, 4) is 0 Å². The lowest BCUT2D eigenvalue weighted by atomic mass is 9.81. The van der Waals surface area contributed by atoms with Crippen molar-refractivity contribution in [1.29, 1.82) is 0 Å². The van der Waals surface area contributed by atoms with Crippen LogP contribution >= 0.6 is 0 Å². The lowest BCUT2D eigenvalue weighted by Crippen LogP contribution is -2.61. The van der Waals surface area contributed by atoms with Gasteiger partial charge in [0, 0.05) is 31.2 Å². The zero-order chi connectivity index (χ0) is 34.7. The van der Waals surface area contributed by atoms with Crippen LogP contribution in [0.4, 0.5) is 4.79 Å². The van der Waals surface area contributed by atoms with Gasteiger partial charge in [0.2, 0.25) is 11.7 Å². The van der Waals surface area contributed by atoms with Crippen molar-refractivity contribution < 1.29 is 28.8 Å². The first-order chi connectivity index (χ1) is 22.1. The molecule has 0 aromatic rings. The Labute approximate surface area is 281 Å². The summed E-state index contributed by atoms with van der Waals surface area (Å²) >= 11 is 0. The summed E-state index contributed by atoms with van der Waals surface area (Å²) in [6, 6.07) is -2.73. The van der Waals surface area contributed by atoms with E-state index in [1.54, 1.807) is 11.0 Å². The Morgan fingerprint density at radius 2 is 1.64 bits per heavy atom. The Balaban J connectivity index is 1.52. The molecule has 9 heteroatoms. The fourth-order valence-corrected chi connectivity index (χ4v) is 8.25. The summed E-state index contributed by atoms with van der Waals surface area (Å²) in [5, 5.41) is 5.93. The van der Waals surface area contributed by atoms with Gasteiger partial charge in [-0.15, -0.1) is 6.58 Å². The van der Waals surface area contributed by atoms with E-state index in [-0.39, 0.29) is 59.4 Å². The maximum Gasteiger partial charge on any atom is 0.316 e. The summed E-state index contributed by atoms with van der Waals surface area (Å²) in [4.78, 5) is 82.9. The van der Waals surface area contributed by atoms with E-state index in [0.29, 0.717) is 19.4 Å². The number of urea groups is 1. The predicted octanol–water partition coefficient (Wildman–Crippen LogP) is 5.98. The molecular formula is C38H59N3O6. The molecule has 4 rings (SSSR count). The molecule has 47 heavy (non-hydrogen) atoms. The van der Waals surface area contributed by atoms with Gasteiger partial charge >= 0.3 is 6.03 Å². The number of allylic oxidation sites excluding steroid dienone is 1. The first kappa shape index (κ1) is 37.0. The quantitative estimate of drug-likeness (QED) is 0.147. The fourth-order valence-electron chi connectivity index (χ4n) is 8.25. The highest BCUT2D eigenvalue weighted by molar-refractivity contribution is 6.38. The lowest BCUT2D eigenvalue weighted by Gasteiger charge is -2.38. The average molecular weight is 654 g/mol. The highest BCUT2D eigenvalue weighted by Crippen LogP contribution is 2.65. The van der Waals surface area contributed by atoms with E-state index in [0.717, 1.165) is 57.8 Å². The number of unbranched alkanes of at least 4 members (excludes halogenated alkanes) is 1. The van der Waals surface area contributed by atoms with E-state index < -0.39 is 47.1 Å². The summed E-state index contributed by atoms with van der Waals surface area (Å²) in [6.45, 7) is 15.9. The molecule has 9 nitrogen and oxygen atoms in total. The third-order valence-corrected chi connectivity index (χ3v) is 11.5. The van der Waals surface area contributed by atoms with Gasteiger partial charge in [0.25, 0.3) is 0 Å². The number of nitrogens with zero attached hydrogens (tertiary/aromatic N) is 1. The highest BCUT2D eigenvalue weighted by atomic mass is 16.2. The molecule has 0 bridgehead atoms. The molecule has 3 saturated carbocycles. The van der Waals surface area contributed by atoms with Crippen LogP contribution in [0, 0.1) is 40.4 Å². The SMILES string of the molecule is C=CCCC(=O)C(=O)C(CCCC)CC(=O)[C@@H]1[C@@H]2[C@H](CN1C(=O)[C@@H](NC(=O)N[C@H](C(=O)C1CC1)C1CCCCC1)C(C)(C)C)C2(C)C. The van der Waals surface area contributed by atoms with Gasteiger partial charge in [-0.1, -0.05) is 79.7 Å². The minimum absolute atomic E-state index is 0.0130. The van der Waals surface area contributed by atoms with Crippen molar-refractivity contribution in [3.05, 3.63) is 12.7 Å². The van der Waals surface area contributed by atoms with Gasteiger partial charge in [0.05, 0.1) is 12.1 Å². The van der Waals surface area contributed by atoms with Gasteiger partial charge in [-0.05, 0) is 67.1 Å². The molecule has 0 spiro atoms. The number of hydrogen-bond donors (Lipinski definition) is 2. The standard InChI is InChI=1S/C38H59N3O6/c1-8-10-15-25(32(44)27(42)18-11-9-2)21-28(43)31-29-26(38(29,6)7)22-41(31)35(46)34(37(3,4)5)40-36(47)39-30(33(45)24-19-20-24)23-16-13-12-14-17-23/h9,23-26,29-31,34H,2,8,10-22H2,1,3-7H3,(H2,39,40,47)/t25?,26-,29-,30-,31+,34+/m0/s1. The number of hydrogen-bond acceptors (Lipinski definition) is 6. The van der Waals surface area contributed by atoms with Crippen LogP contribution < -0.4 is 10.6 Å². The van der Waals surface area contributed by atoms with E-state index in [1.807, 2.05) is 27.7 Å². The molecule has 6 atom stereocenters. The normalized spacial score (nSPS) is 25.6. The molecule has 4 aliphatic rings. The predicted molar refractivity (Wildman–Crippen MR) is 181 cm³/mol. The summed E-state index contributed by atoms with van der Waals surface area (Å²) in [6.07, 6.45) is 10.8. The zero-order valence-corrected chi connectivity index (χ0v) is 29.7. The van der Waals surface area contributed by atoms with E-state index in [1.165, 1.54) is 0 Å². The average Bonchev–Trinajstić information content (AvgIpc) is 3.91. The van der Waals surface area contributed by atoms with Crippen molar-refractivity contribution in [2.45, 2.75) is 143 Å². The third-order valence-electron chi connectivity index (χ3n) is 11.5. The number of fused-ring (bicyclic) bond motifs is 1. The molecule has 3 aliphatic carbocycles. The van der Waals surface area contributed by atoms with Crippen molar-refractivity contribution in [2.24, 2.45) is 40.4 Å². The molecule has 1 unspecified atom stereocenters. The maximum absolute atomic E-state index is 14.4. The Bertz CT molecular complexity index is 1220. The molecular weight excluding hydrogens is 594 g/mol. The minimum Gasteiger partial charge on any atom is -0.330 e. The number of ketones is 4. The van der Waals surface area contributed by atoms with Crippen LogP contribution in [0.2, 0.25) is 0 Å². The van der Waals surface area contributed by atoms with Crippen LogP contribution in [-0.2, 0) is 24.0 Å². The summed E-state index contributed by atoms with van der Waals surface area (Å²) in [5.41, 5.74) is -0.805. The number of piperidine rings is 1. The molecule has 1 heterocycles. The largest absolute Gasteiger partial charge is 0.330 e. The van der Waals surface area contributed by atoms with Crippen molar-refractivity contribution in [1.82, 2.24) is 15.5 Å². The van der Waals surface area contributed by atoms with Crippen LogP contribution in [-0.4, -0.2) is 64.6 Å². The van der Waals surface area contributed by atoms with Gasteiger partial charge in [0.15, 0.2) is 17.3 Å². The number of nitrogens with one attached hydrogen (secondary N) is 2. The summed E-state index contributed by atoms with van der Waals surface area (Å²) in [5.74, 6) is -1.88. The maximum atomic E-state index is 14.4. The summed E-state index contributed by atoms with van der Waals surface area (Å²) < 4.78 is 0. The van der Waals surface area contributed by atoms with E-state index in [9.17, 15) is 28.8 Å². The number of carbonyl (C=O) groups is 6. The van der Waals surface area contributed by atoms with Crippen LogP contribution in [0.3, 0.4) is 0 Å². The highest BCUT2D eigenvalue weighted by Gasteiger charge is 2.69.